The molecule has 1 N–H and O–H groups in total. The number of methoxy groups -OCH3 is 2. The summed E-state index contributed by atoms with van der Waals surface area (Å²) >= 11 is 0. The Morgan fingerprint density at radius 2 is 1.44 bits per heavy atom. The summed E-state index contributed by atoms with van der Waals surface area (Å²) < 4.78 is 16.4. The van der Waals surface area contributed by atoms with Gasteiger partial charge in [0.15, 0.2) is 11.5 Å². The lowest BCUT2D eigenvalue weighted by Crippen LogP contribution is -2.00. The highest BCUT2D eigenvalue weighted by atomic mass is 16.6. The van der Waals surface area contributed by atoms with Crippen molar-refractivity contribution in [3.05, 3.63) is 93.5 Å². The molecule has 2 aromatic carbocycles. The number of carbonyl (C=O) groups excluding carboxylic acids is 1. The van der Waals surface area contributed by atoms with Crippen LogP contribution < -0.4 is 9.47 Å². The van der Waals surface area contributed by atoms with Gasteiger partial charge in [0.1, 0.15) is 17.1 Å². The lowest BCUT2D eigenvalue weighted by atomic mass is 9.99. The van der Waals surface area contributed by atoms with Gasteiger partial charge in [-0.15, -0.1) is 0 Å². The average molecular weight is 461 g/mol. The zero-order valence-electron chi connectivity index (χ0n) is 20.7. The number of ether oxygens (including phenoxy) is 3. The first-order chi connectivity index (χ1) is 16.2. The summed E-state index contributed by atoms with van der Waals surface area (Å²) in [6.07, 6.45) is 7.25. The predicted molar refractivity (Wildman–Crippen MR) is 136 cm³/mol. The van der Waals surface area contributed by atoms with Gasteiger partial charge in [-0.05, 0) is 93.1 Å². The lowest BCUT2D eigenvalue weighted by molar-refractivity contribution is -0.131. The third-order valence-corrected chi connectivity index (χ3v) is 5.51. The van der Waals surface area contributed by atoms with Crippen LogP contribution in [0.1, 0.15) is 49.9 Å². The molecule has 0 fully saturated rings. The molecule has 0 aromatic heterocycles. The van der Waals surface area contributed by atoms with Gasteiger partial charge in [-0.1, -0.05) is 35.4 Å². The third kappa shape index (κ3) is 5.79. The van der Waals surface area contributed by atoms with E-state index in [4.69, 9.17) is 14.2 Å². The van der Waals surface area contributed by atoms with Crippen molar-refractivity contribution in [2.45, 2.75) is 40.5 Å². The standard InChI is InChI=1S/C29H32O5/c1-18(2)7-10-21-15-20(9-13-24(21)32-5)16-26-28(30)27(29(31)34-26)23-12-14-25(33-6)22(17-23)11-8-19(3)4/h7-9,12-17,30H,10-11H2,1-6H3/b26-16-. The molecule has 3 rings (SSSR count). The second kappa shape index (κ2) is 10.9. The van der Waals surface area contributed by atoms with Gasteiger partial charge in [0, 0.05) is 0 Å². The van der Waals surface area contributed by atoms with Crippen LogP contribution in [0.3, 0.4) is 0 Å². The molecule has 0 saturated heterocycles. The summed E-state index contributed by atoms with van der Waals surface area (Å²) in [4.78, 5) is 12.7. The van der Waals surface area contributed by atoms with Crippen LogP contribution >= 0.6 is 0 Å². The van der Waals surface area contributed by atoms with Crippen molar-refractivity contribution in [2.24, 2.45) is 0 Å². The number of esters is 1. The van der Waals surface area contributed by atoms with Crippen LogP contribution in [0, 0.1) is 0 Å². The Labute approximate surface area is 201 Å². The van der Waals surface area contributed by atoms with Gasteiger partial charge in [-0.3, -0.25) is 0 Å². The molecule has 0 spiro atoms. The summed E-state index contributed by atoms with van der Waals surface area (Å²) in [5, 5.41) is 10.9. The van der Waals surface area contributed by atoms with E-state index in [9.17, 15) is 9.90 Å². The van der Waals surface area contributed by atoms with Crippen LogP contribution in [-0.4, -0.2) is 25.3 Å². The first-order valence-electron chi connectivity index (χ1n) is 11.2. The van der Waals surface area contributed by atoms with Crippen LogP contribution in [0.5, 0.6) is 11.5 Å². The Hall–Kier alpha value is -3.73. The fourth-order valence-electron chi connectivity index (χ4n) is 3.69. The van der Waals surface area contributed by atoms with Crippen molar-refractivity contribution >= 4 is 17.6 Å². The molecular weight excluding hydrogens is 428 g/mol. The third-order valence-electron chi connectivity index (χ3n) is 5.51. The average Bonchev–Trinajstić information content (AvgIpc) is 3.08. The molecule has 1 heterocycles. The van der Waals surface area contributed by atoms with E-state index < -0.39 is 5.97 Å². The second-order valence-corrected chi connectivity index (χ2v) is 8.69. The number of rotatable bonds is 8. The highest BCUT2D eigenvalue weighted by molar-refractivity contribution is 6.21. The first-order valence-corrected chi connectivity index (χ1v) is 11.2. The normalized spacial score (nSPS) is 14.2. The van der Waals surface area contributed by atoms with Gasteiger partial charge in [-0.25, -0.2) is 4.79 Å². The Bertz CT molecular complexity index is 1200. The fraction of sp³-hybridized carbons (Fsp3) is 0.276. The minimum absolute atomic E-state index is 0.125. The molecule has 178 valence electrons. The van der Waals surface area contributed by atoms with Crippen molar-refractivity contribution in [3.8, 4) is 11.5 Å². The van der Waals surface area contributed by atoms with Gasteiger partial charge < -0.3 is 19.3 Å². The molecule has 0 saturated carbocycles. The fourth-order valence-corrected chi connectivity index (χ4v) is 3.69. The summed E-state index contributed by atoms with van der Waals surface area (Å²) in [5.74, 6) is 0.876. The van der Waals surface area contributed by atoms with E-state index in [1.807, 2.05) is 52.0 Å². The second-order valence-electron chi connectivity index (χ2n) is 8.69. The van der Waals surface area contributed by atoms with E-state index in [1.165, 1.54) is 11.1 Å². The van der Waals surface area contributed by atoms with Crippen LogP contribution in [0.4, 0.5) is 0 Å². The summed E-state index contributed by atoms with van der Waals surface area (Å²) in [6.45, 7) is 8.15. The smallest absolute Gasteiger partial charge is 0.348 e. The predicted octanol–water partition coefficient (Wildman–Crippen LogP) is 6.59. The molecule has 1 aliphatic rings. The molecule has 0 atom stereocenters. The van der Waals surface area contributed by atoms with Gasteiger partial charge in [0.05, 0.1) is 14.2 Å². The van der Waals surface area contributed by atoms with Gasteiger partial charge in [0.2, 0.25) is 0 Å². The number of cyclic esters (lactones) is 1. The highest BCUT2D eigenvalue weighted by Gasteiger charge is 2.31. The molecular formula is C29H32O5. The number of hydrogen-bond acceptors (Lipinski definition) is 5. The summed E-state index contributed by atoms with van der Waals surface area (Å²) in [7, 11) is 3.25. The molecule has 34 heavy (non-hydrogen) atoms. The Balaban J connectivity index is 1.99. The molecule has 0 radical (unpaired) electrons. The minimum Gasteiger partial charge on any atom is -0.504 e. The quantitative estimate of drug-likeness (QED) is 0.356. The van der Waals surface area contributed by atoms with E-state index in [1.54, 1.807) is 32.4 Å². The summed E-state index contributed by atoms with van der Waals surface area (Å²) in [6, 6.07) is 11.1. The van der Waals surface area contributed by atoms with E-state index in [0.29, 0.717) is 12.0 Å². The van der Waals surface area contributed by atoms with Crippen LogP contribution in [0.25, 0.3) is 11.6 Å². The van der Waals surface area contributed by atoms with Crippen molar-refractivity contribution in [2.75, 3.05) is 14.2 Å². The van der Waals surface area contributed by atoms with E-state index in [-0.39, 0.29) is 17.1 Å². The van der Waals surface area contributed by atoms with Gasteiger partial charge >= 0.3 is 5.97 Å². The minimum atomic E-state index is -0.583. The van der Waals surface area contributed by atoms with E-state index in [2.05, 4.69) is 12.2 Å². The Morgan fingerprint density at radius 3 is 2.00 bits per heavy atom. The highest BCUT2D eigenvalue weighted by Crippen LogP contribution is 2.35. The Morgan fingerprint density at radius 1 is 0.882 bits per heavy atom. The number of benzene rings is 2. The van der Waals surface area contributed by atoms with Crippen molar-refractivity contribution in [3.63, 3.8) is 0 Å². The largest absolute Gasteiger partial charge is 0.504 e. The maximum absolute atomic E-state index is 12.7. The molecule has 0 aliphatic carbocycles. The topological polar surface area (TPSA) is 65.0 Å². The van der Waals surface area contributed by atoms with Crippen LogP contribution in [0.2, 0.25) is 0 Å². The maximum Gasteiger partial charge on any atom is 0.348 e. The maximum atomic E-state index is 12.7. The number of hydrogen-bond donors (Lipinski definition) is 1. The van der Waals surface area contributed by atoms with Gasteiger partial charge in [-0.2, -0.15) is 0 Å². The van der Waals surface area contributed by atoms with E-state index in [0.717, 1.165) is 34.6 Å². The van der Waals surface area contributed by atoms with Crippen LogP contribution in [-0.2, 0) is 22.4 Å². The zero-order chi connectivity index (χ0) is 24.8. The lowest BCUT2D eigenvalue weighted by Gasteiger charge is -2.09. The molecule has 0 bridgehead atoms. The number of aliphatic hydroxyl groups is 1. The van der Waals surface area contributed by atoms with Crippen molar-refractivity contribution in [1.82, 2.24) is 0 Å². The molecule has 0 amide bonds. The Kier molecular flexibility index (Phi) is 8.00. The van der Waals surface area contributed by atoms with Crippen molar-refractivity contribution < 1.29 is 24.1 Å². The number of carbonyl (C=O) groups is 1. The van der Waals surface area contributed by atoms with E-state index >= 15 is 0 Å². The molecule has 1 aliphatic heterocycles. The molecule has 2 aromatic rings. The zero-order valence-corrected chi connectivity index (χ0v) is 20.7. The summed E-state index contributed by atoms with van der Waals surface area (Å²) in [5.41, 5.74) is 5.85. The molecule has 0 unspecified atom stereocenters. The SMILES string of the molecule is COc1ccc(/C=C2\OC(=O)C(c3ccc(OC)c(CC=C(C)C)c3)=C2O)cc1CC=C(C)C. The van der Waals surface area contributed by atoms with Gasteiger partial charge in [0.25, 0.3) is 0 Å². The number of aliphatic hydroxyl groups excluding tert-OH is 1. The first kappa shape index (κ1) is 24.9. The molecule has 5 heteroatoms. The number of allylic oxidation sites excluding steroid dienone is 4. The van der Waals surface area contributed by atoms with Crippen LogP contribution in [0.15, 0.2) is 71.2 Å². The monoisotopic (exact) mass is 460 g/mol. The molecule has 5 nitrogen and oxygen atoms in total. The van der Waals surface area contributed by atoms with Crippen molar-refractivity contribution in [1.29, 1.82) is 0 Å².